The summed E-state index contributed by atoms with van der Waals surface area (Å²) in [4.78, 5) is 0. The Morgan fingerprint density at radius 1 is 0.580 bits per heavy atom. The molecule has 0 unspecified atom stereocenters. The van der Waals surface area contributed by atoms with Crippen LogP contribution in [-0.2, 0) is 43.0 Å². The summed E-state index contributed by atoms with van der Waals surface area (Å²) in [7, 11) is 0. The van der Waals surface area contributed by atoms with Crippen LogP contribution in [0, 0.1) is 6.07 Å². The maximum atomic E-state index is 12.5. The molecule has 0 saturated carbocycles. The first-order valence-electron chi connectivity index (χ1n) is 15.0. The molecule has 0 nitrogen and oxygen atoms in total. The molecule has 9 heteroatoms. The van der Waals surface area contributed by atoms with E-state index in [4.69, 9.17) is 0 Å². The summed E-state index contributed by atoms with van der Waals surface area (Å²) in [6, 6.07) is 46.5. The number of halogens is 8. The van der Waals surface area contributed by atoms with Crippen molar-refractivity contribution in [3.63, 3.8) is 0 Å². The van der Waals surface area contributed by atoms with E-state index in [-0.39, 0.29) is 24.8 Å². The Kier molecular flexibility index (Phi) is 12.8. The van der Waals surface area contributed by atoms with Gasteiger partial charge in [0.15, 0.2) is 0 Å². The van der Waals surface area contributed by atoms with Gasteiger partial charge in [0.25, 0.3) is 0 Å². The zero-order chi connectivity index (χ0) is 33.9. The predicted octanol–water partition coefficient (Wildman–Crippen LogP) is 5.62. The molecule has 7 aromatic carbocycles. The van der Waals surface area contributed by atoms with Gasteiger partial charge in [0.1, 0.15) is 0 Å². The molecule has 0 atom stereocenters. The SMILES string of the molecule is FC(F)(F)c1ccc([C](=[Zr+2])c2ccc(C(F)(F)F)cc2)cc1.[Cl-].[Cl-].[c-]1cccc2c1c1c(c3ccccc32)-c2ccccc2C1.c1cc[cH-]c1. The standard InChI is InChI=1S/C21H13.C15H8F6.C5H5.2ClH.Zr/c1-2-8-15-14(7-1)13-20-18-11-4-3-9-16(18)17-10-5-6-12-19(17)21(15)20;16-14(17,18)12-5-1-10(2-6-12)9-11-3-7-13(8-4-11)15(19,20)21;1-2-4-5-3-1;;;/h1-10,12H,13H2;1-8H;1-5H;2*1H;/q-1;;-1;;;+2/p-2. The van der Waals surface area contributed by atoms with Crippen LogP contribution in [0.2, 0.25) is 0 Å². The molecule has 0 N–H and O–H groups in total. The fourth-order valence-electron chi connectivity index (χ4n) is 5.87. The van der Waals surface area contributed by atoms with Gasteiger partial charge in [0.05, 0.1) is 0 Å². The van der Waals surface area contributed by atoms with Gasteiger partial charge in [-0.05, 0) is 28.5 Å². The molecule has 7 aromatic rings. The third-order valence-electron chi connectivity index (χ3n) is 8.16. The first-order valence-corrected chi connectivity index (χ1v) is 16.3. The van der Waals surface area contributed by atoms with Crippen molar-refractivity contribution in [2.75, 3.05) is 0 Å². The van der Waals surface area contributed by atoms with Gasteiger partial charge >= 0.3 is 137 Å². The molecule has 0 aliphatic heterocycles. The Labute approximate surface area is 313 Å². The number of benzene rings is 6. The molecule has 0 aromatic heterocycles. The Balaban J connectivity index is 0.000000190. The smallest absolute Gasteiger partial charge is 0.0240 e. The van der Waals surface area contributed by atoms with E-state index in [9.17, 15) is 26.3 Å². The molecule has 8 rings (SSSR count). The van der Waals surface area contributed by atoms with E-state index in [1.54, 1.807) is 0 Å². The minimum absolute atomic E-state index is 0. The third-order valence-corrected chi connectivity index (χ3v) is 9.58. The Bertz CT molecular complexity index is 2110. The largest absolute Gasteiger partial charge is 1.00 e. The fraction of sp³-hybridized carbons (Fsp3) is 0.0732. The van der Waals surface area contributed by atoms with Gasteiger partial charge in [0.2, 0.25) is 0 Å². The number of alkyl halides is 6. The minimum Gasteiger partial charge on any atom is -1.00 e. The Hall–Kier alpha value is -3.90. The van der Waals surface area contributed by atoms with E-state index >= 15 is 0 Å². The third kappa shape index (κ3) is 8.51. The van der Waals surface area contributed by atoms with Crippen LogP contribution < -0.4 is 24.8 Å². The van der Waals surface area contributed by atoms with Crippen LogP contribution in [0.5, 0.6) is 0 Å². The van der Waals surface area contributed by atoms with Crippen LogP contribution in [0.4, 0.5) is 26.3 Å². The first-order chi connectivity index (χ1) is 23.0. The average Bonchev–Trinajstić information content (AvgIpc) is 3.81. The average molecular weight is 795 g/mol. The summed E-state index contributed by atoms with van der Waals surface area (Å²) in [5.41, 5.74) is 5.28. The molecular weight excluding hydrogens is 769 g/mol. The van der Waals surface area contributed by atoms with E-state index in [0.29, 0.717) is 14.3 Å². The van der Waals surface area contributed by atoms with E-state index < -0.39 is 23.5 Å². The zero-order valence-corrected chi connectivity index (χ0v) is 30.1. The topological polar surface area (TPSA) is 0 Å². The Morgan fingerprint density at radius 3 is 1.60 bits per heavy atom. The fourth-order valence-corrected chi connectivity index (χ4v) is 6.69. The second kappa shape index (κ2) is 16.4. The molecule has 1 aliphatic rings. The number of hydrogen-bond acceptors (Lipinski definition) is 0. The van der Waals surface area contributed by atoms with Crippen LogP contribution in [0.3, 0.4) is 0 Å². The van der Waals surface area contributed by atoms with Crippen LogP contribution in [-0.4, -0.2) is 3.21 Å². The second-order valence-corrected chi connectivity index (χ2v) is 12.4. The van der Waals surface area contributed by atoms with Gasteiger partial charge in [-0.1, -0.05) is 53.9 Å². The van der Waals surface area contributed by atoms with Crippen molar-refractivity contribution < 1.29 is 75.4 Å². The summed E-state index contributed by atoms with van der Waals surface area (Å²) in [5.74, 6) is 0. The van der Waals surface area contributed by atoms with Crippen LogP contribution in [0.25, 0.3) is 32.7 Å². The van der Waals surface area contributed by atoms with Crippen LogP contribution >= 0.6 is 0 Å². The quantitative estimate of drug-likeness (QED) is 0.121. The maximum absolute atomic E-state index is 12.5. The molecule has 0 bridgehead atoms. The molecule has 0 radical (unpaired) electrons. The summed E-state index contributed by atoms with van der Waals surface area (Å²) in [6.07, 6.45) is -7.80. The molecule has 0 spiro atoms. The van der Waals surface area contributed by atoms with Gasteiger partial charge in [-0.3, -0.25) is 0 Å². The van der Waals surface area contributed by atoms with E-state index in [1.165, 1.54) is 68.1 Å². The maximum Gasteiger partial charge on any atom is -0.0240 e. The molecular formula is C41H26Cl2F6Zr-2. The summed E-state index contributed by atoms with van der Waals surface area (Å²) in [6.45, 7) is 0. The van der Waals surface area contributed by atoms with Crippen molar-refractivity contribution in [3.8, 4) is 11.1 Å². The van der Waals surface area contributed by atoms with Crippen molar-refractivity contribution >= 4 is 24.8 Å². The minimum atomic E-state index is -4.41. The predicted molar refractivity (Wildman–Crippen MR) is 177 cm³/mol. The summed E-state index contributed by atoms with van der Waals surface area (Å²) >= 11 is 0.898. The van der Waals surface area contributed by atoms with Gasteiger partial charge in [-0.2, -0.15) is 18.2 Å². The molecule has 1 aliphatic carbocycles. The number of fused-ring (bicyclic) bond motifs is 8. The molecule has 0 heterocycles. The van der Waals surface area contributed by atoms with Crippen LogP contribution in [0.15, 0.2) is 146 Å². The second-order valence-electron chi connectivity index (χ2n) is 11.2. The molecule has 50 heavy (non-hydrogen) atoms. The molecule has 0 amide bonds. The van der Waals surface area contributed by atoms with Crippen molar-refractivity contribution in [3.05, 3.63) is 185 Å². The van der Waals surface area contributed by atoms with Crippen molar-refractivity contribution in [2.45, 2.75) is 18.8 Å². The molecule has 252 valence electrons. The van der Waals surface area contributed by atoms with Crippen molar-refractivity contribution in [1.82, 2.24) is 0 Å². The molecule has 0 saturated heterocycles. The van der Waals surface area contributed by atoms with Crippen molar-refractivity contribution in [2.24, 2.45) is 0 Å². The van der Waals surface area contributed by atoms with Gasteiger partial charge in [-0.15, -0.1) is 40.6 Å². The van der Waals surface area contributed by atoms with Crippen molar-refractivity contribution in [1.29, 1.82) is 0 Å². The van der Waals surface area contributed by atoms with E-state index in [1.807, 2.05) is 36.4 Å². The monoisotopic (exact) mass is 792 g/mol. The number of rotatable bonds is 2. The van der Waals surface area contributed by atoms with Crippen LogP contribution in [0.1, 0.15) is 33.4 Å². The first kappa shape index (κ1) is 38.9. The summed E-state index contributed by atoms with van der Waals surface area (Å²) in [5, 5.41) is 5.30. The number of hydrogen-bond donors (Lipinski definition) is 0. The van der Waals surface area contributed by atoms with E-state index in [2.05, 4.69) is 66.7 Å². The van der Waals surface area contributed by atoms with Gasteiger partial charge in [0, 0.05) is 0 Å². The Morgan fingerprint density at radius 2 is 1.08 bits per heavy atom. The van der Waals surface area contributed by atoms with Gasteiger partial charge < -0.3 is 24.8 Å². The van der Waals surface area contributed by atoms with E-state index in [0.717, 1.165) is 54.9 Å². The molecule has 0 fully saturated rings. The van der Waals surface area contributed by atoms with Gasteiger partial charge in [-0.25, -0.2) is 12.1 Å². The zero-order valence-electron chi connectivity index (χ0n) is 26.1. The summed E-state index contributed by atoms with van der Waals surface area (Å²) < 4.78 is 75.6. The normalized spacial score (nSPS) is 11.5.